The molecule has 0 amide bonds. The highest BCUT2D eigenvalue weighted by molar-refractivity contribution is 7.85. The standard InChI is InChI=1S/C14H18ClNO3S/c15-10-2-1-3-11(8-10)20(17)13-9-14(5-4-12(13)16)18-6-7-19-14/h1-3,8,12-13H,4-7,9,16H2. The molecule has 3 atom stereocenters. The number of halogens is 1. The van der Waals surface area contributed by atoms with Crippen molar-refractivity contribution in [3.05, 3.63) is 29.3 Å². The van der Waals surface area contributed by atoms with E-state index in [2.05, 4.69) is 0 Å². The van der Waals surface area contributed by atoms with Crippen LogP contribution in [0.15, 0.2) is 29.2 Å². The summed E-state index contributed by atoms with van der Waals surface area (Å²) < 4.78 is 24.2. The minimum Gasteiger partial charge on any atom is -0.347 e. The van der Waals surface area contributed by atoms with Crippen LogP contribution in [0.3, 0.4) is 0 Å². The second-order valence-electron chi connectivity index (χ2n) is 5.31. The van der Waals surface area contributed by atoms with Crippen molar-refractivity contribution in [2.24, 2.45) is 5.73 Å². The van der Waals surface area contributed by atoms with Gasteiger partial charge in [-0.05, 0) is 24.6 Å². The highest BCUT2D eigenvalue weighted by Crippen LogP contribution is 2.38. The second kappa shape index (κ2) is 5.73. The summed E-state index contributed by atoms with van der Waals surface area (Å²) in [7, 11) is -1.20. The zero-order valence-electron chi connectivity index (χ0n) is 11.1. The molecule has 1 aliphatic heterocycles. The lowest BCUT2D eigenvalue weighted by Crippen LogP contribution is -2.50. The largest absolute Gasteiger partial charge is 0.347 e. The van der Waals surface area contributed by atoms with Crippen molar-refractivity contribution in [3.63, 3.8) is 0 Å². The quantitative estimate of drug-likeness (QED) is 0.907. The van der Waals surface area contributed by atoms with Gasteiger partial charge in [0.2, 0.25) is 0 Å². The van der Waals surface area contributed by atoms with Gasteiger partial charge in [-0.2, -0.15) is 0 Å². The molecule has 0 aromatic heterocycles. The molecule has 0 bridgehead atoms. The van der Waals surface area contributed by atoms with E-state index in [1.54, 1.807) is 12.1 Å². The highest BCUT2D eigenvalue weighted by atomic mass is 35.5. The van der Waals surface area contributed by atoms with E-state index in [4.69, 9.17) is 26.8 Å². The normalized spacial score (nSPS) is 30.5. The molecule has 1 heterocycles. The van der Waals surface area contributed by atoms with E-state index in [1.807, 2.05) is 12.1 Å². The molecule has 3 unspecified atom stereocenters. The van der Waals surface area contributed by atoms with Gasteiger partial charge in [-0.15, -0.1) is 0 Å². The Hall–Kier alpha value is -0.460. The van der Waals surface area contributed by atoms with Crippen LogP contribution >= 0.6 is 11.6 Å². The molecule has 3 rings (SSSR count). The van der Waals surface area contributed by atoms with Crippen LogP contribution in [0.5, 0.6) is 0 Å². The summed E-state index contributed by atoms with van der Waals surface area (Å²) in [6.07, 6.45) is 2.11. The lowest BCUT2D eigenvalue weighted by atomic mass is 9.90. The van der Waals surface area contributed by atoms with E-state index in [0.717, 1.165) is 12.8 Å². The third-order valence-corrected chi connectivity index (χ3v) is 5.99. The fourth-order valence-corrected chi connectivity index (χ4v) is 4.81. The van der Waals surface area contributed by atoms with Gasteiger partial charge in [-0.1, -0.05) is 17.7 Å². The third-order valence-electron chi connectivity index (χ3n) is 3.97. The summed E-state index contributed by atoms with van der Waals surface area (Å²) in [5, 5.41) is 0.420. The van der Waals surface area contributed by atoms with Crippen molar-refractivity contribution >= 4 is 22.4 Å². The monoisotopic (exact) mass is 315 g/mol. The fourth-order valence-electron chi connectivity index (χ4n) is 2.89. The van der Waals surface area contributed by atoms with Crippen molar-refractivity contribution < 1.29 is 13.7 Å². The van der Waals surface area contributed by atoms with Crippen LogP contribution in [-0.4, -0.2) is 34.5 Å². The minimum atomic E-state index is -1.20. The first-order chi connectivity index (χ1) is 9.60. The van der Waals surface area contributed by atoms with E-state index in [9.17, 15) is 4.21 Å². The van der Waals surface area contributed by atoms with Gasteiger partial charge >= 0.3 is 0 Å². The average Bonchev–Trinajstić information content (AvgIpc) is 2.89. The Morgan fingerprint density at radius 1 is 1.35 bits per heavy atom. The molecular weight excluding hydrogens is 298 g/mol. The first-order valence-electron chi connectivity index (χ1n) is 6.79. The molecule has 2 fully saturated rings. The van der Waals surface area contributed by atoms with Crippen LogP contribution in [0.2, 0.25) is 5.02 Å². The second-order valence-corrected chi connectivity index (χ2v) is 7.42. The van der Waals surface area contributed by atoms with E-state index in [0.29, 0.717) is 29.6 Å². The zero-order chi connectivity index (χ0) is 14.2. The number of hydrogen-bond acceptors (Lipinski definition) is 4. The molecule has 6 heteroatoms. The summed E-state index contributed by atoms with van der Waals surface area (Å²) in [5.41, 5.74) is 6.17. The smallest absolute Gasteiger partial charge is 0.169 e. The molecule has 1 saturated heterocycles. The van der Waals surface area contributed by atoms with Crippen LogP contribution in [0, 0.1) is 0 Å². The molecule has 110 valence electrons. The predicted octanol–water partition coefficient (Wildman–Crippen LogP) is 2.07. The molecule has 4 nitrogen and oxygen atoms in total. The maximum atomic E-state index is 12.8. The SMILES string of the molecule is NC1CCC2(CC1S(=O)c1cccc(Cl)c1)OCCO2. The Kier molecular flexibility index (Phi) is 4.15. The van der Waals surface area contributed by atoms with E-state index >= 15 is 0 Å². The predicted molar refractivity (Wildman–Crippen MR) is 78.1 cm³/mol. The Morgan fingerprint density at radius 3 is 2.80 bits per heavy atom. The van der Waals surface area contributed by atoms with Gasteiger partial charge in [-0.3, -0.25) is 4.21 Å². The van der Waals surface area contributed by atoms with Crippen molar-refractivity contribution in [3.8, 4) is 0 Å². The van der Waals surface area contributed by atoms with Gasteiger partial charge in [0, 0.05) is 28.8 Å². The van der Waals surface area contributed by atoms with E-state index < -0.39 is 16.6 Å². The van der Waals surface area contributed by atoms with Gasteiger partial charge in [-0.25, -0.2) is 0 Å². The molecule has 1 aliphatic carbocycles. The number of nitrogens with two attached hydrogens (primary N) is 1. The van der Waals surface area contributed by atoms with Gasteiger partial charge < -0.3 is 15.2 Å². The number of ether oxygens (including phenoxy) is 2. The van der Waals surface area contributed by atoms with Crippen molar-refractivity contribution in [1.29, 1.82) is 0 Å². The third kappa shape index (κ3) is 2.78. The van der Waals surface area contributed by atoms with Gasteiger partial charge in [0.05, 0.1) is 29.3 Å². The maximum absolute atomic E-state index is 12.8. The molecule has 1 aromatic rings. The topological polar surface area (TPSA) is 61.6 Å². The first-order valence-corrected chi connectivity index (χ1v) is 8.38. The minimum absolute atomic E-state index is 0.103. The molecule has 2 aliphatic rings. The molecule has 0 radical (unpaired) electrons. The maximum Gasteiger partial charge on any atom is 0.169 e. The molecule has 20 heavy (non-hydrogen) atoms. The molecule has 1 spiro atoms. The Balaban J connectivity index is 1.82. The van der Waals surface area contributed by atoms with Crippen molar-refractivity contribution in [1.82, 2.24) is 0 Å². The van der Waals surface area contributed by atoms with Crippen LogP contribution < -0.4 is 5.73 Å². The van der Waals surface area contributed by atoms with Gasteiger partial charge in [0.15, 0.2) is 5.79 Å². The van der Waals surface area contributed by atoms with Crippen LogP contribution in [-0.2, 0) is 20.3 Å². The fraction of sp³-hybridized carbons (Fsp3) is 0.571. The summed E-state index contributed by atoms with van der Waals surface area (Å²) in [5.74, 6) is -0.575. The Labute approximate surface area is 126 Å². The lowest BCUT2D eigenvalue weighted by molar-refractivity contribution is -0.177. The van der Waals surface area contributed by atoms with Gasteiger partial charge in [0.25, 0.3) is 0 Å². The highest BCUT2D eigenvalue weighted by Gasteiger charge is 2.46. The summed E-state index contributed by atoms with van der Waals surface area (Å²) in [6.45, 7) is 1.21. The Bertz CT molecular complexity index is 519. The van der Waals surface area contributed by atoms with Crippen LogP contribution in [0.4, 0.5) is 0 Å². The lowest BCUT2D eigenvalue weighted by Gasteiger charge is -2.39. The molecule has 1 aromatic carbocycles. The van der Waals surface area contributed by atoms with E-state index in [-0.39, 0.29) is 11.3 Å². The summed E-state index contributed by atoms with van der Waals surface area (Å²) in [4.78, 5) is 0.716. The molecule has 2 N–H and O–H groups in total. The van der Waals surface area contributed by atoms with E-state index in [1.165, 1.54) is 0 Å². The molecule has 1 saturated carbocycles. The summed E-state index contributed by atoms with van der Waals surface area (Å²) >= 11 is 5.97. The molecular formula is C14H18ClNO3S. The van der Waals surface area contributed by atoms with Crippen LogP contribution in [0.1, 0.15) is 19.3 Å². The van der Waals surface area contributed by atoms with Crippen LogP contribution in [0.25, 0.3) is 0 Å². The van der Waals surface area contributed by atoms with Crippen molar-refractivity contribution in [2.75, 3.05) is 13.2 Å². The Morgan fingerprint density at radius 2 is 2.10 bits per heavy atom. The number of rotatable bonds is 2. The zero-order valence-corrected chi connectivity index (χ0v) is 12.7. The number of benzene rings is 1. The summed E-state index contributed by atoms with van der Waals surface area (Å²) in [6, 6.07) is 7.04. The van der Waals surface area contributed by atoms with Crippen molar-refractivity contribution in [2.45, 2.75) is 41.2 Å². The average molecular weight is 316 g/mol. The van der Waals surface area contributed by atoms with Gasteiger partial charge in [0.1, 0.15) is 0 Å². The first kappa shape index (κ1) is 14.5. The number of hydrogen-bond donors (Lipinski definition) is 1.